The van der Waals surface area contributed by atoms with E-state index in [2.05, 4.69) is 20.7 Å². The summed E-state index contributed by atoms with van der Waals surface area (Å²) in [6.07, 6.45) is 0. The molecule has 0 aliphatic carbocycles. The molecule has 0 fully saturated rings. The molecular formula is C13H12BrFN2O2S. The van der Waals surface area contributed by atoms with E-state index < -0.39 is 15.8 Å². The van der Waals surface area contributed by atoms with E-state index in [1.165, 1.54) is 6.07 Å². The smallest absolute Gasteiger partial charge is 0.262 e. The van der Waals surface area contributed by atoms with E-state index in [0.717, 1.165) is 17.7 Å². The monoisotopic (exact) mass is 358 g/mol. The van der Waals surface area contributed by atoms with Gasteiger partial charge in [0.15, 0.2) is 0 Å². The van der Waals surface area contributed by atoms with E-state index >= 15 is 0 Å². The zero-order valence-electron chi connectivity index (χ0n) is 10.5. The van der Waals surface area contributed by atoms with Gasteiger partial charge in [-0.1, -0.05) is 6.07 Å². The van der Waals surface area contributed by atoms with Crippen LogP contribution in [0.25, 0.3) is 0 Å². The molecule has 2 aromatic carbocycles. The van der Waals surface area contributed by atoms with Gasteiger partial charge in [-0.3, -0.25) is 4.72 Å². The standard InChI is InChI=1S/C13H12BrFN2O2S/c1-8-2-3-12(14)13(4-8)17-20(18,19)11-6-9(15)5-10(16)7-11/h2-7,17H,16H2,1H3. The van der Waals surface area contributed by atoms with Crippen LogP contribution in [0.5, 0.6) is 0 Å². The molecule has 0 saturated heterocycles. The molecule has 20 heavy (non-hydrogen) atoms. The van der Waals surface area contributed by atoms with Gasteiger partial charge < -0.3 is 5.73 Å². The van der Waals surface area contributed by atoms with Gasteiger partial charge in [-0.05, 0) is 58.7 Å². The maximum absolute atomic E-state index is 13.3. The van der Waals surface area contributed by atoms with Crippen molar-refractivity contribution in [1.82, 2.24) is 0 Å². The van der Waals surface area contributed by atoms with Gasteiger partial charge in [0, 0.05) is 10.2 Å². The minimum absolute atomic E-state index is 0.0497. The molecule has 0 aliphatic heterocycles. The summed E-state index contributed by atoms with van der Waals surface area (Å²) in [5, 5.41) is 0. The Bertz CT molecular complexity index is 743. The van der Waals surface area contributed by atoms with Gasteiger partial charge >= 0.3 is 0 Å². The van der Waals surface area contributed by atoms with Crippen molar-refractivity contribution < 1.29 is 12.8 Å². The number of rotatable bonds is 3. The van der Waals surface area contributed by atoms with Gasteiger partial charge in [-0.25, -0.2) is 12.8 Å². The Hall–Kier alpha value is -1.60. The van der Waals surface area contributed by atoms with Crippen LogP contribution in [-0.2, 0) is 10.0 Å². The highest BCUT2D eigenvalue weighted by atomic mass is 79.9. The van der Waals surface area contributed by atoms with Gasteiger partial charge in [0.25, 0.3) is 10.0 Å². The molecule has 0 radical (unpaired) electrons. The van der Waals surface area contributed by atoms with E-state index in [1.54, 1.807) is 12.1 Å². The Balaban J connectivity index is 2.43. The topological polar surface area (TPSA) is 72.2 Å². The molecule has 0 aliphatic rings. The number of nitrogen functional groups attached to an aromatic ring is 1. The Morgan fingerprint density at radius 3 is 2.55 bits per heavy atom. The lowest BCUT2D eigenvalue weighted by molar-refractivity contribution is 0.595. The molecule has 0 unspecified atom stereocenters. The van der Waals surface area contributed by atoms with Crippen molar-refractivity contribution in [3.63, 3.8) is 0 Å². The number of halogens is 2. The molecule has 0 saturated carbocycles. The van der Waals surface area contributed by atoms with Crippen LogP contribution in [0.1, 0.15) is 5.56 Å². The first kappa shape index (κ1) is 14.8. The van der Waals surface area contributed by atoms with Crippen molar-refractivity contribution in [3.8, 4) is 0 Å². The highest BCUT2D eigenvalue weighted by molar-refractivity contribution is 9.10. The predicted octanol–water partition coefficient (Wildman–Crippen LogP) is 3.28. The first-order chi connectivity index (χ1) is 9.28. The lowest BCUT2D eigenvalue weighted by Gasteiger charge is -2.11. The number of anilines is 2. The second-order valence-corrected chi connectivity index (χ2v) is 6.85. The summed E-state index contributed by atoms with van der Waals surface area (Å²) in [6.45, 7) is 1.84. The zero-order chi connectivity index (χ0) is 14.9. The van der Waals surface area contributed by atoms with Crippen LogP contribution in [0.4, 0.5) is 15.8 Å². The molecule has 4 nitrogen and oxygen atoms in total. The maximum atomic E-state index is 13.3. The minimum Gasteiger partial charge on any atom is -0.399 e. The molecule has 3 N–H and O–H groups in total. The molecule has 2 aromatic rings. The van der Waals surface area contributed by atoms with Crippen LogP contribution in [-0.4, -0.2) is 8.42 Å². The number of nitrogens with one attached hydrogen (secondary N) is 1. The Morgan fingerprint density at radius 1 is 1.20 bits per heavy atom. The van der Waals surface area contributed by atoms with Crippen molar-refractivity contribution in [2.45, 2.75) is 11.8 Å². The Morgan fingerprint density at radius 2 is 1.90 bits per heavy atom. The zero-order valence-corrected chi connectivity index (χ0v) is 12.9. The fraction of sp³-hybridized carbons (Fsp3) is 0.0769. The summed E-state index contributed by atoms with van der Waals surface area (Å²) in [5.74, 6) is -0.700. The van der Waals surface area contributed by atoms with Crippen LogP contribution < -0.4 is 10.5 Å². The van der Waals surface area contributed by atoms with Gasteiger partial charge in [0.1, 0.15) is 5.82 Å². The van der Waals surface area contributed by atoms with Crippen molar-refractivity contribution >= 4 is 37.3 Å². The largest absolute Gasteiger partial charge is 0.399 e. The second-order valence-electron chi connectivity index (χ2n) is 4.31. The number of hydrogen-bond acceptors (Lipinski definition) is 3. The van der Waals surface area contributed by atoms with E-state index in [1.807, 2.05) is 13.0 Å². The molecule has 7 heteroatoms. The molecule has 0 atom stereocenters. The normalized spacial score (nSPS) is 11.3. The van der Waals surface area contributed by atoms with E-state index in [-0.39, 0.29) is 10.6 Å². The predicted molar refractivity (Wildman–Crippen MR) is 80.5 cm³/mol. The van der Waals surface area contributed by atoms with Gasteiger partial charge in [0.05, 0.1) is 10.6 Å². The number of sulfonamides is 1. The summed E-state index contributed by atoms with van der Waals surface area (Å²) >= 11 is 3.26. The molecule has 106 valence electrons. The number of benzene rings is 2. The fourth-order valence-corrected chi connectivity index (χ4v) is 3.27. The lowest BCUT2D eigenvalue weighted by atomic mass is 10.2. The van der Waals surface area contributed by atoms with Crippen molar-refractivity contribution in [1.29, 1.82) is 0 Å². The third-order valence-corrected chi connectivity index (χ3v) is 4.61. The van der Waals surface area contributed by atoms with E-state index in [4.69, 9.17) is 5.73 Å². The molecule has 0 aromatic heterocycles. The lowest BCUT2D eigenvalue weighted by Crippen LogP contribution is -2.14. The first-order valence-electron chi connectivity index (χ1n) is 5.63. The summed E-state index contributed by atoms with van der Waals surface area (Å²) in [7, 11) is -3.90. The molecule has 0 bridgehead atoms. The van der Waals surface area contributed by atoms with Gasteiger partial charge in [-0.15, -0.1) is 0 Å². The Labute approximate surface area is 125 Å². The van der Waals surface area contributed by atoms with Crippen LogP contribution in [0.2, 0.25) is 0 Å². The maximum Gasteiger partial charge on any atom is 0.262 e. The molecule has 0 heterocycles. The third kappa shape index (κ3) is 3.29. The summed E-state index contributed by atoms with van der Waals surface area (Å²) in [5.41, 5.74) is 6.79. The van der Waals surface area contributed by atoms with Crippen LogP contribution in [0, 0.1) is 12.7 Å². The molecular weight excluding hydrogens is 347 g/mol. The summed E-state index contributed by atoms with van der Waals surface area (Å²) in [4.78, 5) is -0.219. The van der Waals surface area contributed by atoms with Crippen LogP contribution >= 0.6 is 15.9 Å². The summed E-state index contributed by atoms with van der Waals surface area (Å²) in [6, 6.07) is 8.42. The van der Waals surface area contributed by atoms with Crippen molar-refractivity contribution in [2.24, 2.45) is 0 Å². The number of aryl methyl sites for hydroxylation is 1. The number of hydrogen-bond donors (Lipinski definition) is 2. The van der Waals surface area contributed by atoms with Gasteiger partial charge in [-0.2, -0.15) is 0 Å². The Kier molecular flexibility index (Phi) is 4.01. The minimum atomic E-state index is -3.90. The highest BCUT2D eigenvalue weighted by Gasteiger charge is 2.17. The van der Waals surface area contributed by atoms with Gasteiger partial charge in [0.2, 0.25) is 0 Å². The second kappa shape index (κ2) is 5.41. The number of nitrogens with two attached hydrogens (primary N) is 1. The van der Waals surface area contributed by atoms with E-state index in [9.17, 15) is 12.8 Å². The molecule has 0 spiro atoms. The third-order valence-electron chi connectivity index (χ3n) is 2.57. The highest BCUT2D eigenvalue weighted by Crippen LogP contribution is 2.26. The quantitative estimate of drug-likeness (QED) is 0.827. The van der Waals surface area contributed by atoms with Crippen molar-refractivity contribution in [2.75, 3.05) is 10.5 Å². The fourth-order valence-electron chi connectivity index (χ4n) is 1.66. The average molecular weight is 359 g/mol. The van der Waals surface area contributed by atoms with Crippen molar-refractivity contribution in [3.05, 3.63) is 52.3 Å². The summed E-state index contributed by atoms with van der Waals surface area (Å²) < 4.78 is 40.7. The molecule has 2 rings (SSSR count). The first-order valence-corrected chi connectivity index (χ1v) is 7.90. The van der Waals surface area contributed by atoms with Crippen LogP contribution in [0.3, 0.4) is 0 Å². The molecule has 0 amide bonds. The van der Waals surface area contributed by atoms with E-state index in [0.29, 0.717) is 10.2 Å². The SMILES string of the molecule is Cc1ccc(Br)c(NS(=O)(=O)c2cc(N)cc(F)c2)c1. The van der Waals surface area contributed by atoms with Crippen LogP contribution in [0.15, 0.2) is 45.8 Å². The average Bonchev–Trinajstić information content (AvgIpc) is 2.32.